The van der Waals surface area contributed by atoms with E-state index in [1.807, 2.05) is 67.6 Å². The van der Waals surface area contributed by atoms with Crippen molar-refractivity contribution in [3.8, 4) is 17.3 Å². The lowest BCUT2D eigenvalue weighted by Crippen LogP contribution is -2.12. The van der Waals surface area contributed by atoms with E-state index in [4.69, 9.17) is 4.74 Å². The summed E-state index contributed by atoms with van der Waals surface area (Å²) < 4.78 is 21.9. The first kappa shape index (κ1) is 20.3. The quantitative estimate of drug-likeness (QED) is 0.422. The van der Waals surface area contributed by atoms with E-state index in [0.29, 0.717) is 12.3 Å². The van der Waals surface area contributed by atoms with Crippen LogP contribution in [-0.2, 0) is 11.2 Å². The molecule has 1 aromatic heterocycles. The molecule has 0 aliphatic carbocycles. The maximum atomic E-state index is 14.3. The summed E-state index contributed by atoms with van der Waals surface area (Å²) in [6.07, 6.45) is 0.644. The molecule has 0 aliphatic heterocycles. The highest BCUT2D eigenvalue weighted by Crippen LogP contribution is 2.32. The van der Waals surface area contributed by atoms with Gasteiger partial charge >= 0.3 is 0 Å². The fourth-order valence-corrected chi connectivity index (χ4v) is 3.29. The summed E-state index contributed by atoms with van der Waals surface area (Å²) >= 11 is 0. The normalized spacial score (nSPS) is 10.6. The number of para-hydroxylation sites is 3. The molecule has 4 rings (SSSR count). The molecule has 0 saturated carbocycles. The van der Waals surface area contributed by atoms with Crippen LogP contribution in [0.2, 0.25) is 0 Å². The Hall–Kier alpha value is -3.93. The number of benzene rings is 3. The Balaban J connectivity index is 1.62. The van der Waals surface area contributed by atoms with Gasteiger partial charge in [-0.25, -0.2) is 9.07 Å². The number of anilines is 1. The molecule has 6 heteroatoms. The molecular weight excluding hydrogens is 393 g/mol. The van der Waals surface area contributed by atoms with E-state index in [0.717, 1.165) is 22.6 Å². The summed E-state index contributed by atoms with van der Waals surface area (Å²) in [5.74, 6) is -0.0699. The second-order valence-electron chi connectivity index (χ2n) is 7.06. The number of ether oxygens (including phenoxy) is 1. The summed E-state index contributed by atoms with van der Waals surface area (Å²) in [4.78, 5) is 12.5. The van der Waals surface area contributed by atoms with E-state index < -0.39 is 5.82 Å². The number of hydrogen-bond donors (Lipinski definition) is 1. The van der Waals surface area contributed by atoms with Crippen LogP contribution >= 0.6 is 0 Å². The first-order chi connectivity index (χ1) is 15.1. The van der Waals surface area contributed by atoms with Crippen molar-refractivity contribution in [3.63, 3.8) is 0 Å². The van der Waals surface area contributed by atoms with Gasteiger partial charge in [-0.2, -0.15) is 5.10 Å². The molecule has 0 atom stereocenters. The maximum absolute atomic E-state index is 14.3. The van der Waals surface area contributed by atoms with Crippen molar-refractivity contribution >= 4 is 11.6 Å². The van der Waals surface area contributed by atoms with Gasteiger partial charge in [0, 0.05) is 17.7 Å². The minimum atomic E-state index is -0.464. The van der Waals surface area contributed by atoms with E-state index in [-0.39, 0.29) is 18.1 Å². The number of aryl methyl sites for hydroxylation is 1. The van der Waals surface area contributed by atoms with Crippen LogP contribution in [0.3, 0.4) is 0 Å². The minimum absolute atomic E-state index is 0.106. The predicted octanol–water partition coefficient (Wildman–Crippen LogP) is 5.68. The fourth-order valence-electron chi connectivity index (χ4n) is 3.29. The van der Waals surface area contributed by atoms with Gasteiger partial charge in [-0.15, -0.1) is 0 Å². The zero-order chi connectivity index (χ0) is 21.6. The molecule has 0 spiro atoms. The van der Waals surface area contributed by atoms with Gasteiger partial charge in [0.2, 0.25) is 11.8 Å². The second-order valence-corrected chi connectivity index (χ2v) is 7.06. The van der Waals surface area contributed by atoms with Gasteiger partial charge in [0.25, 0.3) is 0 Å². The van der Waals surface area contributed by atoms with Crippen LogP contribution < -0.4 is 10.1 Å². The molecule has 156 valence electrons. The van der Waals surface area contributed by atoms with Crippen LogP contribution in [0.1, 0.15) is 17.7 Å². The second kappa shape index (κ2) is 9.26. The van der Waals surface area contributed by atoms with Gasteiger partial charge in [-0.3, -0.25) is 4.79 Å². The van der Waals surface area contributed by atoms with Gasteiger partial charge in [-0.05, 0) is 49.7 Å². The standard InChI is InChI=1S/C25H22FN3O2/c1-18-21(16-17-24(30)27-19-10-4-2-5-11-19)25(31-23-15-9-8-14-22(23)26)29(28-18)20-12-6-3-7-13-20/h2-15H,16-17H2,1H3,(H,27,30). The first-order valence-electron chi connectivity index (χ1n) is 10.0. The zero-order valence-corrected chi connectivity index (χ0v) is 17.1. The van der Waals surface area contributed by atoms with Crippen molar-refractivity contribution in [2.24, 2.45) is 0 Å². The van der Waals surface area contributed by atoms with Crippen molar-refractivity contribution < 1.29 is 13.9 Å². The van der Waals surface area contributed by atoms with Crippen LogP contribution in [-0.4, -0.2) is 15.7 Å². The van der Waals surface area contributed by atoms with Crippen molar-refractivity contribution in [2.75, 3.05) is 5.32 Å². The Kier molecular flexibility index (Phi) is 6.08. The molecule has 0 bridgehead atoms. The number of hydrogen-bond acceptors (Lipinski definition) is 3. The third-order valence-corrected chi connectivity index (χ3v) is 4.84. The van der Waals surface area contributed by atoms with E-state index >= 15 is 0 Å². The maximum Gasteiger partial charge on any atom is 0.226 e. The lowest BCUT2D eigenvalue weighted by molar-refractivity contribution is -0.116. The van der Waals surface area contributed by atoms with Gasteiger partial charge in [0.1, 0.15) is 0 Å². The van der Waals surface area contributed by atoms with Crippen molar-refractivity contribution in [2.45, 2.75) is 19.8 Å². The minimum Gasteiger partial charge on any atom is -0.436 e. The lowest BCUT2D eigenvalue weighted by atomic mass is 10.1. The molecule has 0 unspecified atom stereocenters. The number of rotatable bonds is 7. The molecule has 3 aromatic carbocycles. The lowest BCUT2D eigenvalue weighted by Gasteiger charge is -2.12. The summed E-state index contributed by atoms with van der Waals surface area (Å²) in [6.45, 7) is 1.86. The van der Waals surface area contributed by atoms with Crippen LogP contribution in [0.5, 0.6) is 11.6 Å². The van der Waals surface area contributed by atoms with Crippen LogP contribution in [0.15, 0.2) is 84.9 Å². The number of carbonyl (C=O) groups is 1. The Bertz CT molecular complexity index is 1170. The Morgan fingerprint density at radius 2 is 1.61 bits per heavy atom. The Morgan fingerprint density at radius 3 is 2.32 bits per heavy atom. The Morgan fingerprint density at radius 1 is 0.968 bits per heavy atom. The van der Waals surface area contributed by atoms with Crippen LogP contribution in [0.4, 0.5) is 10.1 Å². The summed E-state index contributed by atoms with van der Waals surface area (Å²) in [7, 11) is 0. The molecule has 4 aromatic rings. The fraction of sp³-hybridized carbons (Fsp3) is 0.120. The number of amides is 1. The average Bonchev–Trinajstić information content (AvgIpc) is 3.10. The molecule has 1 heterocycles. The smallest absolute Gasteiger partial charge is 0.226 e. The molecule has 0 radical (unpaired) electrons. The van der Waals surface area contributed by atoms with E-state index in [9.17, 15) is 9.18 Å². The number of carbonyl (C=O) groups excluding carboxylic acids is 1. The monoisotopic (exact) mass is 415 g/mol. The molecule has 5 nitrogen and oxygen atoms in total. The SMILES string of the molecule is Cc1nn(-c2ccccc2)c(Oc2ccccc2F)c1CCC(=O)Nc1ccccc1. The van der Waals surface area contributed by atoms with Crippen molar-refractivity contribution in [3.05, 3.63) is 102 Å². The molecule has 31 heavy (non-hydrogen) atoms. The van der Waals surface area contributed by atoms with Crippen molar-refractivity contribution in [1.82, 2.24) is 9.78 Å². The van der Waals surface area contributed by atoms with Crippen molar-refractivity contribution in [1.29, 1.82) is 0 Å². The number of aromatic nitrogens is 2. The highest BCUT2D eigenvalue weighted by molar-refractivity contribution is 5.90. The van der Waals surface area contributed by atoms with E-state index in [2.05, 4.69) is 10.4 Å². The summed E-state index contributed by atoms with van der Waals surface area (Å²) in [5.41, 5.74) is 3.02. The predicted molar refractivity (Wildman–Crippen MR) is 118 cm³/mol. The first-order valence-corrected chi connectivity index (χ1v) is 10.0. The topological polar surface area (TPSA) is 56.2 Å². The third kappa shape index (κ3) is 4.80. The van der Waals surface area contributed by atoms with E-state index in [1.165, 1.54) is 6.07 Å². The average molecular weight is 415 g/mol. The van der Waals surface area contributed by atoms with Gasteiger partial charge in [0.05, 0.1) is 11.4 Å². The largest absolute Gasteiger partial charge is 0.436 e. The molecule has 0 fully saturated rings. The molecular formula is C25H22FN3O2. The number of nitrogens with zero attached hydrogens (tertiary/aromatic N) is 2. The van der Waals surface area contributed by atoms with Crippen LogP contribution in [0.25, 0.3) is 5.69 Å². The highest BCUT2D eigenvalue weighted by Gasteiger charge is 2.20. The highest BCUT2D eigenvalue weighted by atomic mass is 19.1. The molecule has 1 amide bonds. The molecule has 1 N–H and O–H groups in total. The number of halogens is 1. The van der Waals surface area contributed by atoms with E-state index in [1.54, 1.807) is 22.9 Å². The van der Waals surface area contributed by atoms with Gasteiger partial charge in [0.15, 0.2) is 11.6 Å². The zero-order valence-electron chi connectivity index (χ0n) is 17.1. The third-order valence-electron chi connectivity index (χ3n) is 4.84. The van der Waals surface area contributed by atoms with Gasteiger partial charge < -0.3 is 10.1 Å². The van der Waals surface area contributed by atoms with Crippen LogP contribution in [0, 0.1) is 12.7 Å². The summed E-state index contributed by atoms with van der Waals surface area (Å²) in [6, 6.07) is 25.0. The molecule has 0 aliphatic rings. The molecule has 0 saturated heterocycles. The number of nitrogens with one attached hydrogen (secondary N) is 1. The summed E-state index contributed by atoms with van der Waals surface area (Å²) in [5, 5.41) is 7.49. The van der Waals surface area contributed by atoms with Gasteiger partial charge in [-0.1, -0.05) is 48.5 Å². The Labute approximate surface area is 180 Å².